The Morgan fingerprint density at radius 2 is 1.94 bits per heavy atom. The number of pyridine rings is 1. The molecular formula is C13H15ClN2. The molecule has 84 valence electrons. The molecule has 0 aliphatic rings. The van der Waals surface area contributed by atoms with Gasteiger partial charge in [-0.3, -0.25) is 0 Å². The van der Waals surface area contributed by atoms with E-state index in [9.17, 15) is 0 Å². The number of benzene rings is 1. The monoisotopic (exact) mass is 234 g/mol. The molecule has 0 aliphatic heterocycles. The summed E-state index contributed by atoms with van der Waals surface area (Å²) in [4.78, 5) is 0. The minimum absolute atomic E-state index is 0. The van der Waals surface area contributed by atoms with Crippen molar-refractivity contribution in [1.82, 2.24) is 0 Å². The topological polar surface area (TPSA) is 29.9 Å². The van der Waals surface area contributed by atoms with Crippen molar-refractivity contribution in [2.45, 2.75) is 13.5 Å². The second-order valence-electron chi connectivity index (χ2n) is 3.71. The first-order valence-electron chi connectivity index (χ1n) is 5.05. The third-order valence-corrected chi connectivity index (χ3v) is 2.47. The summed E-state index contributed by atoms with van der Waals surface area (Å²) < 4.78 is 2.20. The lowest BCUT2D eigenvalue weighted by molar-refractivity contribution is -0.694. The summed E-state index contributed by atoms with van der Waals surface area (Å²) in [5.74, 6) is 0. The highest BCUT2D eigenvalue weighted by Gasteiger charge is 2.05. The van der Waals surface area contributed by atoms with Crippen LogP contribution >= 0.6 is 0 Å². The molecule has 0 spiro atoms. The van der Waals surface area contributed by atoms with Crippen LogP contribution in [-0.2, 0) is 6.54 Å². The van der Waals surface area contributed by atoms with Gasteiger partial charge in [0.05, 0.1) is 0 Å². The van der Waals surface area contributed by atoms with Crippen LogP contribution in [0.25, 0.3) is 0 Å². The van der Waals surface area contributed by atoms with E-state index in [0.29, 0.717) is 0 Å². The number of rotatable bonds is 2. The molecule has 1 aromatic heterocycles. The number of aromatic nitrogens is 1. The van der Waals surface area contributed by atoms with Crippen LogP contribution in [0.15, 0.2) is 48.7 Å². The highest BCUT2D eigenvalue weighted by molar-refractivity contribution is 5.40. The van der Waals surface area contributed by atoms with E-state index in [-0.39, 0.29) is 12.4 Å². The first kappa shape index (κ1) is 12.5. The number of nitrogens with zero attached hydrogens (tertiary/aromatic N) is 1. The van der Waals surface area contributed by atoms with Gasteiger partial charge in [0.25, 0.3) is 0 Å². The average molecular weight is 235 g/mol. The fourth-order valence-corrected chi connectivity index (χ4v) is 1.63. The maximum absolute atomic E-state index is 5.74. The zero-order valence-corrected chi connectivity index (χ0v) is 9.98. The molecule has 0 bridgehead atoms. The molecule has 2 rings (SSSR count). The molecule has 0 fully saturated rings. The normalized spacial score (nSPS) is 9.56. The van der Waals surface area contributed by atoms with Crippen LogP contribution in [0.5, 0.6) is 0 Å². The number of nitrogens with two attached hydrogens (primary N) is 1. The number of nitrogen functional groups attached to an aromatic ring is 1. The van der Waals surface area contributed by atoms with Crippen molar-refractivity contribution in [2.75, 3.05) is 5.73 Å². The second-order valence-corrected chi connectivity index (χ2v) is 3.71. The van der Waals surface area contributed by atoms with Crippen molar-refractivity contribution in [3.05, 3.63) is 59.9 Å². The lowest BCUT2D eigenvalue weighted by Crippen LogP contribution is -3.00. The summed E-state index contributed by atoms with van der Waals surface area (Å²) in [6.07, 6.45) is 2.08. The predicted molar refractivity (Wildman–Crippen MR) is 61.3 cm³/mol. The van der Waals surface area contributed by atoms with Gasteiger partial charge in [0, 0.05) is 30.3 Å². The molecule has 0 saturated carbocycles. The molecule has 0 saturated heterocycles. The molecular weight excluding hydrogens is 220 g/mol. The van der Waals surface area contributed by atoms with E-state index < -0.39 is 0 Å². The molecule has 0 radical (unpaired) electrons. The van der Waals surface area contributed by atoms with E-state index in [0.717, 1.165) is 12.2 Å². The zero-order valence-electron chi connectivity index (χ0n) is 9.23. The zero-order chi connectivity index (χ0) is 10.7. The Bertz CT molecular complexity index is 469. The lowest BCUT2D eigenvalue weighted by atomic mass is 10.2. The molecule has 1 heterocycles. The van der Waals surface area contributed by atoms with Gasteiger partial charge >= 0.3 is 0 Å². The number of hydrogen-bond donors (Lipinski definition) is 1. The fraction of sp³-hybridized carbons (Fsp3) is 0.154. The minimum atomic E-state index is 0. The largest absolute Gasteiger partial charge is 1.00 e. The average Bonchev–Trinajstić information content (AvgIpc) is 2.22. The maximum Gasteiger partial charge on any atom is 0.178 e. The Hall–Kier alpha value is -1.54. The van der Waals surface area contributed by atoms with E-state index in [1.165, 1.54) is 11.3 Å². The van der Waals surface area contributed by atoms with Gasteiger partial charge in [-0.2, -0.15) is 4.57 Å². The van der Waals surface area contributed by atoms with E-state index >= 15 is 0 Å². The molecule has 1 aromatic carbocycles. The van der Waals surface area contributed by atoms with Gasteiger partial charge in [0.1, 0.15) is 0 Å². The van der Waals surface area contributed by atoms with Crippen LogP contribution in [0.2, 0.25) is 0 Å². The third kappa shape index (κ3) is 2.97. The Kier molecular flexibility index (Phi) is 4.32. The van der Waals surface area contributed by atoms with Gasteiger partial charge < -0.3 is 18.1 Å². The van der Waals surface area contributed by atoms with Crippen LogP contribution in [0.3, 0.4) is 0 Å². The molecule has 0 aliphatic carbocycles. The van der Waals surface area contributed by atoms with E-state index in [2.05, 4.69) is 29.8 Å². The van der Waals surface area contributed by atoms with Crippen molar-refractivity contribution in [2.24, 2.45) is 0 Å². The number of aryl methyl sites for hydroxylation is 1. The minimum Gasteiger partial charge on any atom is -1.00 e. The van der Waals surface area contributed by atoms with E-state index in [1.54, 1.807) is 0 Å². The van der Waals surface area contributed by atoms with Gasteiger partial charge in [-0.05, 0) is 12.1 Å². The van der Waals surface area contributed by atoms with Crippen LogP contribution in [0.1, 0.15) is 11.3 Å². The highest BCUT2D eigenvalue weighted by Crippen LogP contribution is 2.06. The number of hydrogen-bond acceptors (Lipinski definition) is 1. The highest BCUT2D eigenvalue weighted by atomic mass is 35.5. The molecule has 2 N–H and O–H groups in total. The summed E-state index contributed by atoms with van der Waals surface area (Å²) in [6.45, 7) is 2.98. The Balaban J connectivity index is 0.00000128. The quantitative estimate of drug-likeness (QED) is 0.520. The van der Waals surface area contributed by atoms with Gasteiger partial charge in [-0.15, -0.1) is 0 Å². The summed E-state index contributed by atoms with van der Waals surface area (Å²) in [5.41, 5.74) is 9.04. The first-order valence-corrected chi connectivity index (χ1v) is 5.05. The van der Waals surface area contributed by atoms with Gasteiger partial charge in [0.15, 0.2) is 18.4 Å². The van der Waals surface area contributed by atoms with E-state index in [1.807, 2.05) is 30.3 Å². The SMILES string of the molecule is Cc1cccc[n+]1Cc1cccc(N)c1.[Cl-]. The molecule has 2 nitrogen and oxygen atoms in total. The first-order chi connectivity index (χ1) is 7.25. The van der Waals surface area contributed by atoms with Crippen LogP contribution < -0.4 is 22.7 Å². The summed E-state index contributed by atoms with van der Waals surface area (Å²) >= 11 is 0. The number of anilines is 1. The van der Waals surface area contributed by atoms with Crippen molar-refractivity contribution >= 4 is 5.69 Å². The summed E-state index contributed by atoms with van der Waals surface area (Å²) in [5, 5.41) is 0. The molecule has 16 heavy (non-hydrogen) atoms. The van der Waals surface area contributed by atoms with Crippen molar-refractivity contribution in [3.63, 3.8) is 0 Å². The molecule has 0 atom stereocenters. The summed E-state index contributed by atoms with van der Waals surface area (Å²) in [6, 6.07) is 14.2. The van der Waals surface area contributed by atoms with Crippen molar-refractivity contribution in [3.8, 4) is 0 Å². The fourth-order valence-electron chi connectivity index (χ4n) is 1.63. The lowest BCUT2D eigenvalue weighted by Gasteiger charge is -2.01. The predicted octanol–water partition coefficient (Wildman–Crippen LogP) is -1.08. The van der Waals surface area contributed by atoms with Crippen molar-refractivity contribution < 1.29 is 17.0 Å². The molecule has 0 unspecified atom stereocenters. The second kappa shape index (κ2) is 5.52. The van der Waals surface area contributed by atoms with Crippen LogP contribution in [0, 0.1) is 6.92 Å². The van der Waals surface area contributed by atoms with Gasteiger partial charge in [-0.25, -0.2) is 0 Å². The standard InChI is InChI=1S/C13H15N2.ClH/c1-11-5-2-3-8-15(11)10-12-6-4-7-13(14)9-12;/h2-9H,10,14H2,1H3;1H/q+1;/p-1. The van der Waals surface area contributed by atoms with Crippen LogP contribution in [0.4, 0.5) is 5.69 Å². The smallest absolute Gasteiger partial charge is 0.178 e. The Morgan fingerprint density at radius 1 is 1.12 bits per heavy atom. The Labute approximate surface area is 102 Å². The molecule has 0 amide bonds. The third-order valence-electron chi connectivity index (χ3n) is 2.47. The number of halogens is 1. The molecule has 2 aromatic rings. The van der Waals surface area contributed by atoms with Crippen LogP contribution in [-0.4, -0.2) is 0 Å². The van der Waals surface area contributed by atoms with E-state index in [4.69, 9.17) is 5.73 Å². The maximum atomic E-state index is 5.74. The van der Waals surface area contributed by atoms with Gasteiger partial charge in [-0.1, -0.05) is 18.2 Å². The van der Waals surface area contributed by atoms with Gasteiger partial charge in [0.2, 0.25) is 0 Å². The van der Waals surface area contributed by atoms with Crippen molar-refractivity contribution in [1.29, 1.82) is 0 Å². The summed E-state index contributed by atoms with van der Waals surface area (Å²) in [7, 11) is 0. The Morgan fingerprint density at radius 3 is 2.62 bits per heavy atom. The molecule has 3 heteroatoms.